The Morgan fingerprint density at radius 2 is 2.14 bits per heavy atom. The molecule has 0 amide bonds. The first-order chi connectivity index (χ1) is 10.2. The van der Waals surface area contributed by atoms with Crippen molar-refractivity contribution in [1.82, 2.24) is 9.97 Å². The molecule has 0 atom stereocenters. The third kappa shape index (κ3) is 2.80. The van der Waals surface area contributed by atoms with Gasteiger partial charge in [0.25, 0.3) is 0 Å². The predicted octanol–water partition coefficient (Wildman–Crippen LogP) is 3.76. The summed E-state index contributed by atoms with van der Waals surface area (Å²) in [5.74, 6) is 1.11. The van der Waals surface area contributed by atoms with Gasteiger partial charge in [-0.05, 0) is 36.1 Å². The summed E-state index contributed by atoms with van der Waals surface area (Å²) in [5, 5.41) is 5.98. The minimum Gasteiger partial charge on any atom is -0.483 e. The van der Waals surface area contributed by atoms with Crippen molar-refractivity contribution >= 4 is 27.4 Å². The molecule has 2 heterocycles. The standard InChI is InChI=1S/C15H14FN3OS/c1-9-3-4-11(16)12(7-9)20-8-13-18-14(17-2)10-5-6-21-15(10)19-13/h3-7H,8H2,1-2H3,(H,17,18,19). The van der Waals surface area contributed by atoms with Crippen LogP contribution in [0.25, 0.3) is 10.2 Å². The summed E-state index contributed by atoms with van der Waals surface area (Å²) in [6.07, 6.45) is 0. The molecule has 21 heavy (non-hydrogen) atoms. The quantitative estimate of drug-likeness (QED) is 0.797. The molecular weight excluding hydrogens is 289 g/mol. The third-order valence-electron chi connectivity index (χ3n) is 3.05. The van der Waals surface area contributed by atoms with Crippen molar-refractivity contribution in [1.29, 1.82) is 0 Å². The fourth-order valence-corrected chi connectivity index (χ4v) is 2.80. The molecule has 0 aliphatic heterocycles. The molecule has 0 spiro atoms. The largest absolute Gasteiger partial charge is 0.483 e. The van der Waals surface area contributed by atoms with Gasteiger partial charge in [-0.2, -0.15) is 0 Å². The van der Waals surface area contributed by atoms with Gasteiger partial charge in [0.05, 0.1) is 5.39 Å². The number of nitrogens with zero attached hydrogens (tertiary/aromatic N) is 2. The molecule has 3 rings (SSSR count). The van der Waals surface area contributed by atoms with Crippen molar-refractivity contribution in [3.05, 3.63) is 46.9 Å². The van der Waals surface area contributed by atoms with Gasteiger partial charge in [0, 0.05) is 7.05 Å². The lowest BCUT2D eigenvalue weighted by Crippen LogP contribution is -2.05. The predicted molar refractivity (Wildman–Crippen MR) is 82.4 cm³/mol. The van der Waals surface area contributed by atoms with Crippen LogP contribution in [0.3, 0.4) is 0 Å². The van der Waals surface area contributed by atoms with Crippen LogP contribution in [0.1, 0.15) is 11.4 Å². The number of anilines is 1. The molecule has 0 saturated heterocycles. The Labute approximate surface area is 125 Å². The van der Waals surface area contributed by atoms with Gasteiger partial charge < -0.3 is 10.1 Å². The second-order valence-electron chi connectivity index (χ2n) is 4.60. The molecule has 0 fully saturated rings. The zero-order valence-corrected chi connectivity index (χ0v) is 12.5. The van der Waals surface area contributed by atoms with Crippen LogP contribution >= 0.6 is 11.3 Å². The molecule has 1 N–H and O–H groups in total. The van der Waals surface area contributed by atoms with Crippen LogP contribution in [0.15, 0.2) is 29.6 Å². The second kappa shape index (κ2) is 5.65. The van der Waals surface area contributed by atoms with E-state index in [1.165, 1.54) is 17.4 Å². The second-order valence-corrected chi connectivity index (χ2v) is 5.49. The fourth-order valence-electron chi connectivity index (χ4n) is 2.02. The number of fused-ring (bicyclic) bond motifs is 1. The highest BCUT2D eigenvalue weighted by molar-refractivity contribution is 7.16. The van der Waals surface area contributed by atoms with E-state index in [0.717, 1.165) is 21.6 Å². The maximum absolute atomic E-state index is 13.6. The van der Waals surface area contributed by atoms with E-state index >= 15 is 0 Å². The third-order valence-corrected chi connectivity index (χ3v) is 3.86. The van der Waals surface area contributed by atoms with Gasteiger partial charge in [-0.15, -0.1) is 11.3 Å². The number of ether oxygens (including phenoxy) is 1. The van der Waals surface area contributed by atoms with Crippen LogP contribution in [-0.2, 0) is 6.61 Å². The van der Waals surface area contributed by atoms with Gasteiger partial charge in [-0.1, -0.05) is 6.07 Å². The first kappa shape index (κ1) is 13.8. The Balaban J connectivity index is 1.86. The number of aryl methyl sites for hydroxylation is 1. The molecule has 0 aliphatic rings. The maximum atomic E-state index is 13.6. The van der Waals surface area contributed by atoms with Gasteiger partial charge in [-0.3, -0.25) is 0 Å². The van der Waals surface area contributed by atoms with Gasteiger partial charge in [0.2, 0.25) is 0 Å². The molecule has 0 radical (unpaired) electrons. The van der Waals surface area contributed by atoms with E-state index in [0.29, 0.717) is 5.82 Å². The topological polar surface area (TPSA) is 47.0 Å². The lowest BCUT2D eigenvalue weighted by Gasteiger charge is -2.09. The first-order valence-electron chi connectivity index (χ1n) is 6.48. The molecule has 108 valence electrons. The van der Waals surface area contributed by atoms with Crippen molar-refractivity contribution in [3.8, 4) is 5.75 Å². The number of rotatable bonds is 4. The molecule has 0 unspecified atom stereocenters. The fraction of sp³-hybridized carbons (Fsp3) is 0.200. The van der Waals surface area contributed by atoms with Crippen molar-refractivity contribution < 1.29 is 9.13 Å². The van der Waals surface area contributed by atoms with Crippen LogP contribution < -0.4 is 10.1 Å². The highest BCUT2D eigenvalue weighted by atomic mass is 32.1. The molecule has 0 bridgehead atoms. The van der Waals surface area contributed by atoms with Crippen molar-refractivity contribution in [2.24, 2.45) is 0 Å². The Hall–Kier alpha value is -2.21. The van der Waals surface area contributed by atoms with E-state index < -0.39 is 0 Å². The Morgan fingerprint density at radius 3 is 2.95 bits per heavy atom. The zero-order chi connectivity index (χ0) is 14.8. The number of aromatic nitrogens is 2. The van der Waals surface area contributed by atoms with E-state index in [1.807, 2.05) is 25.4 Å². The van der Waals surface area contributed by atoms with Gasteiger partial charge in [-0.25, -0.2) is 14.4 Å². The summed E-state index contributed by atoms with van der Waals surface area (Å²) in [7, 11) is 1.81. The Morgan fingerprint density at radius 1 is 1.29 bits per heavy atom. The van der Waals surface area contributed by atoms with Gasteiger partial charge in [0.1, 0.15) is 17.3 Å². The van der Waals surface area contributed by atoms with Crippen LogP contribution in [0.4, 0.5) is 10.2 Å². The Kier molecular flexibility index (Phi) is 3.70. The molecule has 1 aromatic carbocycles. The van der Waals surface area contributed by atoms with Crippen LogP contribution in [0.5, 0.6) is 5.75 Å². The lowest BCUT2D eigenvalue weighted by molar-refractivity contribution is 0.281. The minimum atomic E-state index is -0.383. The Bertz CT molecular complexity index is 788. The summed E-state index contributed by atoms with van der Waals surface area (Å²) in [4.78, 5) is 9.71. The lowest BCUT2D eigenvalue weighted by atomic mass is 10.2. The first-order valence-corrected chi connectivity index (χ1v) is 7.36. The molecular formula is C15H14FN3OS. The number of thiophene rings is 1. The smallest absolute Gasteiger partial charge is 0.169 e. The average Bonchev–Trinajstić information content (AvgIpc) is 2.95. The van der Waals surface area contributed by atoms with Crippen LogP contribution in [0, 0.1) is 12.7 Å². The summed E-state index contributed by atoms with van der Waals surface area (Å²) in [6, 6.07) is 6.73. The maximum Gasteiger partial charge on any atom is 0.169 e. The SMILES string of the molecule is CNc1nc(COc2cc(C)ccc2F)nc2sccc12. The molecule has 3 aromatic rings. The van der Waals surface area contributed by atoms with Crippen molar-refractivity contribution in [2.75, 3.05) is 12.4 Å². The average molecular weight is 303 g/mol. The van der Waals surface area contributed by atoms with E-state index in [9.17, 15) is 4.39 Å². The molecule has 0 aliphatic carbocycles. The number of benzene rings is 1. The molecule has 0 saturated carbocycles. The number of halogens is 1. The minimum absolute atomic E-state index is 0.128. The molecule has 6 heteroatoms. The van der Waals surface area contributed by atoms with Crippen LogP contribution in [0.2, 0.25) is 0 Å². The summed E-state index contributed by atoms with van der Waals surface area (Å²) < 4.78 is 19.2. The van der Waals surface area contributed by atoms with E-state index in [2.05, 4.69) is 15.3 Å². The highest BCUT2D eigenvalue weighted by Gasteiger charge is 2.10. The van der Waals surface area contributed by atoms with E-state index in [1.54, 1.807) is 12.1 Å². The normalized spacial score (nSPS) is 10.8. The van der Waals surface area contributed by atoms with Crippen molar-refractivity contribution in [2.45, 2.75) is 13.5 Å². The monoisotopic (exact) mass is 303 g/mol. The van der Waals surface area contributed by atoms with E-state index in [-0.39, 0.29) is 18.2 Å². The number of hydrogen-bond donors (Lipinski definition) is 1. The van der Waals surface area contributed by atoms with E-state index in [4.69, 9.17) is 4.74 Å². The van der Waals surface area contributed by atoms with Gasteiger partial charge in [0.15, 0.2) is 17.4 Å². The van der Waals surface area contributed by atoms with Crippen LogP contribution in [-0.4, -0.2) is 17.0 Å². The number of hydrogen-bond acceptors (Lipinski definition) is 5. The van der Waals surface area contributed by atoms with Crippen molar-refractivity contribution in [3.63, 3.8) is 0 Å². The molecule has 2 aromatic heterocycles. The zero-order valence-electron chi connectivity index (χ0n) is 11.7. The number of nitrogens with one attached hydrogen (secondary N) is 1. The highest BCUT2D eigenvalue weighted by Crippen LogP contribution is 2.25. The summed E-state index contributed by atoms with van der Waals surface area (Å²) in [6.45, 7) is 2.02. The molecule has 4 nitrogen and oxygen atoms in total. The summed E-state index contributed by atoms with van der Waals surface area (Å²) >= 11 is 1.54. The summed E-state index contributed by atoms with van der Waals surface area (Å²) in [5.41, 5.74) is 0.942. The van der Waals surface area contributed by atoms with Gasteiger partial charge >= 0.3 is 0 Å².